The van der Waals surface area contributed by atoms with Crippen LogP contribution in [0.3, 0.4) is 0 Å². The predicted molar refractivity (Wildman–Crippen MR) is 83.9 cm³/mol. The molecule has 1 aromatic rings. The number of halogens is 1. The van der Waals surface area contributed by atoms with Crippen LogP contribution >= 0.6 is 27.7 Å². The number of carboxylic acids is 1. The van der Waals surface area contributed by atoms with Crippen molar-refractivity contribution in [3.05, 3.63) is 28.7 Å². The Kier molecular flexibility index (Phi) is 5.65. The molecule has 1 N–H and O–H groups in total. The number of carbonyl (C=O) groups is 2. The largest absolute Gasteiger partial charge is 0.480 e. The van der Waals surface area contributed by atoms with Crippen LogP contribution in [-0.2, 0) is 9.59 Å². The molecule has 6 heteroatoms. The van der Waals surface area contributed by atoms with E-state index in [9.17, 15) is 9.59 Å². The number of thioether (sulfide) groups is 1. The molecule has 0 spiro atoms. The molecule has 1 rings (SSSR count). The fraction of sp³-hybridized carbons (Fsp3) is 0.429. The number of hydrogen-bond acceptors (Lipinski definition) is 3. The van der Waals surface area contributed by atoms with Crippen LogP contribution in [0.2, 0.25) is 0 Å². The molecule has 0 radical (unpaired) electrons. The summed E-state index contributed by atoms with van der Waals surface area (Å²) in [5, 5.41) is 8.98. The Morgan fingerprint density at radius 2 is 1.80 bits per heavy atom. The van der Waals surface area contributed by atoms with Gasteiger partial charge in [-0.05, 0) is 45.0 Å². The molecule has 0 bridgehead atoms. The molecule has 0 aliphatic carbocycles. The van der Waals surface area contributed by atoms with Crippen LogP contribution in [0.5, 0.6) is 0 Å². The first-order chi connectivity index (χ1) is 9.15. The van der Waals surface area contributed by atoms with Crippen LogP contribution in [0.4, 0.5) is 0 Å². The zero-order valence-corrected chi connectivity index (χ0v) is 14.3. The fourth-order valence-electron chi connectivity index (χ4n) is 1.61. The summed E-state index contributed by atoms with van der Waals surface area (Å²) in [4.78, 5) is 25.6. The molecule has 0 heterocycles. The molecule has 0 aliphatic rings. The highest BCUT2D eigenvalue weighted by molar-refractivity contribution is 9.10. The Bertz CT molecular complexity index is 502. The number of rotatable bonds is 5. The molecule has 20 heavy (non-hydrogen) atoms. The quantitative estimate of drug-likeness (QED) is 0.819. The molecule has 1 amide bonds. The van der Waals surface area contributed by atoms with E-state index in [0.717, 1.165) is 9.37 Å². The molecule has 0 saturated heterocycles. The summed E-state index contributed by atoms with van der Waals surface area (Å²) >= 11 is 4.78. The van der Waals surface area contributed by atoms with Gasteiger partial charge in [-0.2, -0.15) is 0 Å². The zero-order valence-electron chi connectivity index (χ0n) is 11.9. The molecule has 1 atom stereocenters. The first-order valence-corrected chi connectivity index (χ1v) is 7.70. The fourth-order valence-corrected chi connectivity index (χ4v) is 2.96. The van der Waals surface area contributed by atoms with Crippen LogP contribution in [0.25, 0.3) is 0 Å². The first-order valence-electron chi connectivity index (χ1n) is 6.10. The van der Waals surface area contributed by atoms with Gasteiger partial charge in [-0.3, -0.25) is 4.79 Å². The lowest BCUT2D eigenvalue weighted by molar-refractivity contribution is -0.148. The van der Waals surface area contributed by atoms with Gasteiger partial charge in [0.05, 0.1) is 4.75 Å². The van der Waals surface area contributed by atoms with Crippen molar-refractivity contribution in [2.75, 3.05) is 7.05 Å². The first kappa shape index (κ1) is 17.0. The van der Waals surface area contributed by atoms with Crippen molar-refractivity contribution >= 4 is 39.6 Å². The average molecular weight is 360 g/mol. The summed E-state index contributed by atoms with van der Waals surface area (Å²) in [6, 6.07) is 6.82. The van der Waals surface area contributed by atoms with Crippen molar-refractivity contribution in [3.63, 3.8) is 0 Å². The van der Waals surface area contributed by atoms with Crippen LogP contribution in [0.1, 0.15) is 20.8 Å². The Hall–Kier alpha value is -1.01. The standard InChI is InChI=1S/C14H18BrNO3S/c1-9(12(17)18)16(4)13(19)14(2,3)20-11-7-5-10(15)6-8-11/h5-9H,1-4H3,(H,17,18). The second kappa shape index (κ2) is 6.63. The molecule has 0 fully saturated rings. The van der Waals surface area contributed by atoms with E-state index in [-0.39, 0.29) is 5.91 Å². The molecular weight excluding hydrogens is 342 g/mol. The second-order valence-corrected chi connectivity index (χ2v) is 7.61. The number of amides is 1. The van der Waals surface area contributed by atoms with Crippen molar-refractivity contribution < 1.29 is 14.7 Å². The zero-order chi connectivity index (χ0) is 15.5. The monoisotopic (exact) mass is 359 g/mol. The lowest BCUT2D eigenvalue weighted by Crippen LogP contribution is -2.48. The maximum atomic E-state index is 12.4. The number of benzene rings is 1. The Morgan fingerprint density at radius 3 is 2.25 bits per heavy atom. The van der Waals surface area contributed by atoms with Crippen LogP contribution in [-0.4, -0.2) is 39.7 Å². The van der Waals surface area contributed by atoms with Gasteiger partial charge in [-0.1, -0.05) is 15.9 Å². The molecule has 4 nitrogen and oxygen atoms in total. The summed E-state index contributed by atoms with van der Waals surface area (Å²) in [5.74, 6) is -1.22. The summed E-state index contributed by atoms with van der Waals surface area (Å²) in [7, 11) is 1.52. The highest BCUT2D eigenvalue weighted by atomic mass is 79.9. The summed E-state index contributed by atoms with van der Waals surface area (Å²) in [5.41, 5.74) is 0. The van der Waals surface area contributed by atoms with Crippen molar-refractivity contribution in [2.45, 2.75) is 36.5 Å². The lowest BCUT2D eigenvalue weighted by Gasteiger charge is -2.31. The smallest absolute Gasteiger partial charge is 0.326 e. The molecule has 110 valence electrons. The predicted octanol–water partition coefficient (Wildman–Crippen LogP) is 3.25. The highest BCUT2D eigenvalue weighted by Gasteiger charge is 2.35. The number of aliphatic carboxylic acids is 1. The van der Waals surface area contributed by atoms with Crippen LogP contribution < -0.4 is 0 Å². The minimum Gasteiger partial charge on any atom is -0.480 e. The Morgan fingerprint density at radius 1 is 1.30 bits per heavy atom. The van der Waals surface area contributed by atoms with Gasteiger partial charge in [0.25, 0.3) is 0 Å². The van der Waals surface area contributed by atoms with E-state index in [1.165, 1.54) is 30.6 Å². The van der Waals surface area contributed by atoms with Gasteiger partial charge in [0.2, 0.25) is 5.91 Å². The number of carbonyl (C=O) groups excluding carboxylic acids is 1. The van der Waals surface area contributed by atoms with E-state index in [4.69, 9.17) is 5.11 Å². The van der Waals surface area contributed by atoms with Crippen molar-refractivity contribution in [1.29, 1.82) is 0 Å². The van der Waals surface area contributed by atoms with Crippen molar-refractivity contribution in [3.8, 4) is 0 Å². The van der Waals surface area contributed by atoms with Gasteiger partial charge >= 0.3 is 5.97 Å². The third-order valence-electron chi connectivity index (χ3n) is 2.96. The third-order valence-corrected chi connectivity index (χ3v) is 4.68. The normalized spacial score (nSPS) is 12.8. The Balaban J connectivity index is 2.84. The third kappa shape index (κ3) is 4.24. The maximum absolute atomic E-state index is 12.4. The molecular formula is C14H18BrNO3S. The van der Waals surface area contributed by atoms with Crippen molar-refractivity contribution in [2.24, 2.45) is 0 Å². The van der Waals surface area contributed by atoms with Crippen LogP contribution in [0, 0.1) is 0 Å². The van der Waals surface area contributed by atoms with Gasteiger partial charge in [0, 0.05) is 16.4 Å². The molecule has 0 aliphatic heterocycles. The number of hydrogen-bond donors (Lipinski definition) is 1. The maximum Gasteiger partial charge on any atom is 0.326 e. The Labute approximate surface area is 131 Å². The summed E-state index contributed by atoms with van der Waals surface area (Å²) < 4.78 is 0.245. The van der Waals surface area contributed by atoms with Crippen LogP contribution in [0.15, 0.2) is 33.6 Å². The summed E-state index contributed by atoms with van der Waals surface area (Å²) in [6.45, 7) is 5.10. The van der Waals surface area contributed by atoms with Crippen molar-refractivity contribution in [1.82, 2.24) is 4.90 Å². The summed E-state index contributed by atoms with van der Waals surface area (Å²) in [6.07, 6.45) is 0. The second-order valence-electron chi connectivity index (χ2n) is 5.00. The molecule has 1 unspecified atom stereocenters. The van der Waals surface area contributed by atoms with E-state index in [2.05, 4.69) is 15.9 Å². The molecule has 0 saturated carbocycles. The van der Waals surface area contributed by atoms with Gasteiger partial charge in [0.15, 0.2) is 0 Å². The number of likely N-dealkylation sites (N-methyl/N-ethyl adjacent to an activating group) is 1. The SMILES string of the molecule is CC(C(=O)O)N(C)C(=O)C(C)(C)Sc1ccc(Br)cc1. The van der Waals surface area contributed by atoms with E-state index >= 15 is 0 Å². The number of carboxylic acid groups (broad SMARTS) is 1. The minimum atomic E-state index is -1.01. The van der Waals surface area contributed by atoms with Gasteiger partial charge in [-0.25, -0.2) is 4.79 Å². The molecule has 0 aromatic heterocycles. The van der Waals surface area contributed by atoms with Gasteiger partial charge in [-0.15, -0.1) is 11.8 Å². The number of nitrogens with zero attached hydrogens (tertiary/aromatic N) is 1. The topological polar surface area (TPSA) is 57.6 Å². The van der Waals surface area contributed by atoms with E-state index in [1.807, 2.05) is 24.3 Å². The van der Waals surface area contributed by atoms with E-state index in [1.54, 1.807) is 13.8 Å². The van der Waals surface area contributed by atoms with Gasteiger partial charge < -0.3 is 10.0 Å². The minimum absolute atomic E-state index is 0.208. The lowest BCUT2D eigenvalue weighted by atomic mass is 10.1. The van der Waals surface area contributed by atoms with Gasteiger partial charge in [0.1, 0.15) is 6.04 Å². The van der Waals surface area contributed by atoms with E-state index < -0.39 is 16.8 Å². The average Bonchev–Trinajstić information content (AvgIpc) is 2.38. The highest BCUT2D eigenvalue weighted by Crippen LogP contribution is 2.34. The molecule has 1 aromatic carbocycles. The van der Waals surface area contributed by atoms with E-state index in [0.29, 0.717) is 0 Å².